The monoisotopic (exact) mass is 258 g/mol. The van der Waals surface area contributed by atoms with E-state index >= 15 is 0 Å². The van der Waals surface area contributed by atoms with Gasteiger partial charge in [0.25, 0.3) is 0 Å². The zero-order chi connectivity index (χ0) is 10.3. The standard InChI is InChI=1S/C9H11BrN2O2/c1-12-7-5(8(10)11-12)3-2-4-6(7)9(13)14/h6H,2-4H2,1H3,(H,13,14). The van der Waals surface area contributed by atoms with Crippen LogP contribution in [0.25, 0.3) is 0 Å². The zero-order valence-electron chi connectivity index (χ0n) is 7.83. The fourth-order valence-electron chi connectivity index (χ4n) is 2.07. The Kier molecular flexibility index (Phi) is 2.34. The number of carbonyl (C=O) groups is 1. The van der Waals surface area contributed by atoms with Gasteiger partial charge in [0, 0.05) is 12.6 Å². The van der Waals surface area contributed by atoms with Crippen molar-refractivity contribution in [3.63, 3.8) is 0 Å². The van der Waals surface area contributed by atoms with Crippen molar-refractivity contribution in [1.82, 2.24) is 9.78 Å². The molecule has 0 bridgehead atoms. The summed E-state index contributed by atoms with van der Waals surface area (Å²) >= 11 is 3.35. The first-order valence-electron chi connectivity index (χ1n) is 4.55. The van der Waals surface area contributed by atoms with E-state index in [0.29, 0.717) is 6.42 Å². The summed E-state index contributed by atoms with van der Waals surface area (Å²) in [5.74, 6) is -1.14. The molecule has 0 radical (unpaired) electrons. The van der Waals surface area contributed by atoms with Crippen LogP contribution in [0.1, 0.15) is 30.0 Å². The molecule has 1 aliphatic rings. The van der Waals surface area contributed by atoms with Crippen molar-refractivity contribution in [1.29, 1.82) is 0 Å². The third kappa shape index (κ3) is 1.35. The molecule has 0 aliphatic heterocycles. The number of hydrogen-bond donors (Lipinski definition) is 1. The number of aromatic nitrogens is 2. The van der Waals surface area contributed by atoms with E-state index in [2.05, 4.69) is 21.0 Å². The van der Waals surface area contributed by atoms with Gasteiger partial charge in [0.2, 0.25) is 0 Å². The van der Waals surface area contributed by atoms with E-state index in [4.69, 9.17) is 5.11 Å². The molecule has 1 N–H and O–H groups in total. The van der Waals surface area contributed by atoms with E-state index in [1.54, 1.807) is 11.7 Å². The second kappa shape index (κ2) is 3.38. The van der Waals surface area contributed by atoms with Crippen LogP contribution in [0.2, 0.25) is 0 Å². The normalized spacial score (nSPS) is 20.6. The molecule has 1 heterocycles. The second-order valence-electron chi connectivity index (χ2n) is 3.56. The van der Waals surface area contributed by atoms with Crippen LogP contribution in [0.3, 0.4) is 0 Å². The van der Waals surface area contributed by atoms with E-state index in [1.807, 2.05) is 0 Å². The van der Waals surface area contributed by atoms with Crippen molar-refractivity contribution >= 4 is 21.9 Å². The molecule has 5 heteroatoms. The first kappa shape index (κ1) is 9.71. The number of hydrogen-bond acceptors (Lipinski definition) is 2. The minimum Gasteiger partial charge on any atom is -0.481 e. The Balaban J connectivity index is 2.53. The van der Waals surface area contributed by atoms with Crippen molar-refractivity contribution in [2.45, 2.75) is 25.2 Å². The average molecular weight is 259 g/mol. The Morgan fingerprint density at radius 1 is 1.71 bits per heavy atom. The lowest BCUT2D eigenvalue weighted by atomic mass is 9.88. The highest BCUT2D eigenvalue weighted by molar-refractivity contribution is 9.10. The first-order chi connectivity index (χ1) is 6.61. The van der Waals surface area contributed by atoms with Crippen LogP contribution < -0.4 is 0 Å². The molecule has 0 aromatic carbocycles. The first-order valence-corrected chi connectivity index (χ1v) is 5.34. The maximum Gasteiger partial charge on any atom is 0.312 e. The summed E-state index contributed by atoms with van der Waals surface area (Å²) < 4.78 is 2.47. The van der Waals surface area contributed by atoms with Gasteiger partial charge in [0.15, 0.2) is 0 Å². The summed E-state index contributed by atoms with van der Waals surface area (Å²) in [4.78, 5) is 11.0. The lowest BCUT2D eigenvalue weighted by Gasteiger charge is -2.19. The molecule has 2 rings (SSSR count). The van der Waals surface area contributed by atoms with E-state index in [1.165, 1.54) is 0 Å². The van der Waals surface area contributed by atoms with Gasteiger partial charge >= 0.3 is 5.97 Å². The zero-order valence-corrected chi connectivity index (χ0v) is 9.41. The number of carboxylic acid groups (broad SMARTS) is 1. The lowest BCUT2D eigenvalue weighted by molar-refractivity contribution is -0.139. The number of rotatable bonds is 1. The van der Waals surface area contributed by atoms with Crippen molar-refractivity contribution in [3.8, 4) is 0 Å². The van der Waals surface area contributed by atoms with Crippen LogP contribution in [0, 0.1) is 0 Å². The van der Waals surface area contributed by atoms with E-state index in [0.717, 1.165) is 28.7 Å². The smallest absolute Gasteiger partial charge is 0.312 e. The summed E-state index contributed by atoms with van der Waals surface area (Å²) in [7, 11) is 1.80. The molecule has 1 aromatic rings. The minimum atomic E-state index is -0.749. The largest absolute Gasteiger partial charge is 0.481 e. The molecule has 1 aliphatic carbocycles. The number of nitrogens with zero attached hydrogens (tertiary/aromatic N) is 2. The van der Waals surface area contributed by atoms with Crippen LogP contribution in [0.5, 0.6) is 0 Å². The Hall–Kier alpha value is -0.840. The third-order valence-corrected chi connectivity index (χ3v) is 3.33. The molecule has 1 unspecified atom stereocenters. The summed E-state index contributed by atoms with van der Waals surface area (Å²) in [6.45, 7) is 0. The Labute approximate surface area is 90.0 Å². The van der Waals surface area contributed by atoms with E-state index < -0.39 is 5.97 Å². The van der Waals surface area contributed by atoms with Crippen molar-refractivity contribution < 1.29 is 9.90 Å². The quantitative estimate of drug-likeness (QED) is 0.834. The van der Waals surface area contributed by atoms with Gasteiger partial charge < -0.3 is 5.11 Å². The fourth-order valence-corrected chi connectivity index (χ4v) is 2.71. The van der Waals surface area contributed by atoms with Crippen LogP contribution in [0.15, 0.2) is 4.60 Å². The third-order valence-electron chi connectivity index (χ3n) is 2.69. The summed E-state index contributed by atoms with van der Waals surface area (Å²) in [6.07, 6.45) is 2.57. The molecule has 0 fully saturated rings. The van der Waals surface area contributed by atoms with Gasteiger partial charge in [0.1, 0.15) is 4.60 Å². The SMILES string of the molecule is Cn1nc(Br)c2c1C(C(=O)O)CCC2. The van der Waals surface area contributed by atoms with Crippen LogP contribution >= 0.6 is 15.9 Å². The number of aliphatic carboxylic acids is 1. The van der Waals surface area contributed by atoms with Gasteiger partial charge in [-0.2, -0.15) is 5.10 Å². The molecular weight excluding hydrogens is 248 g/mol. The highest BCUT2D eigenvalue weighted by atomic mass is 79.9. The van der Waals surface area contributed by atoms with Crippen LogP contribution in [-0.2, 0) is 18.3 Å². The summed E-state index contributed by atoms with van der Waals surface area (Å²) in [5, 5.41) is 13.3. The van der Waals surface area contributed by atoms with Gasteiger partial charge in [-0.15, -0.1) is 0 Å². The number of halogens is 1. The summed E-state index contributed by atoms with van der Waals surface area (Å²) in [5.41, 5.74) is 1.92. The Morgan fingerprint density at radius 2 is 2.43 bits per heavy atom. The van der Waals surface area contributed by atoms with Gasteiger partial charge in [0.05, 0.1) is 11.6 Å². The fraction of sp³-hybridized carbons (Fsp3) is 0.556. The van der Waals surface area contributed by atoms with Gasteiger partial charge in [-0.25, -0.2) is 0 Å². The highest BCUT2D eigenvalue weighted by Gasteiger charge is 2.31. The van der Waals surface area contributed by atoms with Crippen molar-refractivity contribution in [3.05, 3.63) is 15.9 Å². The lowest BCUT2D eigenvalue weighted by Crippen LogP contribution is -2.20. The Bertz CT molecular complexity index is 386. The predicted molar refractivity (Wildman–Crippen MR) is 54.2 cm³/mol. The predicted octanol–water partition coefficient (Wildman–Crippen LogP) is 1.69. The topological polar surface area (TPSA) is 55.1 Å². The molecule has 1 atom stereocenters. The highest BCUT2D eigenvalue weighted by Crippen LogP contribution is 2.35. The average Bonchev–Trinajstić information content (AvgIpc) is 2.43. The minimum absolute atomic E-state index is 0.387. The summed E-state index contributed by atoms with van der Waals surface area (Å²) in [6, 6.07) is 0. The molecule has 76 valence electrons. The van der Waals surface area contributed by atoms with Crippen molar-refractivity contribution in [2.24, 2.45) is 7.05 Å². The molecule has 1 aromatic heterocycles. The molecule has 0 saturated carbocycles. The Morgan fingerprint density at radius 3 is 3.07 bits per heavy atom. The molecule has 0 amide bonds. The van der Waals surface area contributed by atoms with E-state index in [-0.39, 0.29) is 5.92 Å². The maximum absolute atomic E-state index is 11.0. The van der Waals surface area contributed by atoms with Crippen LogP contribution in [-0.4, -0.2) is 20.9 Å². The number of carboxylic acids is 1. The molecule has 0 spiro atoms. The van der Waals surface area contributed by atoms with Gasteiger partial charge in [-0.3, -0.25) is 9.48 Å². The molecule has 14 heavy (non-hydrogen) atoms. The van der Waals surface area contributed by atoms with Crippen LogP contribution in [0.4, 0.5) is 0 Å². The number of aryl methyl sites for hydroxylation is 1. The van der Waals surface area contributed by atoms with Crippen molar-refractivity contribution in [2.75, 3.05) is 0 Å². The molecule has 4 nitrogen and oxygen atoms in total. The maximum atomic E-state index is 11.0. The molecule has 0 saturated heterocycles. The second-order valence-corrected chi connectivity index (χ2v) is 4.31. The van der Waals surface area contributed by atoms with Gasteiger partial charge in [-0.1, -0.05) is 0 Å². The van der Waals surface area contributed by atoms with E-state index in [9.17, 15) is 4.79 Å². The van der Waals surface area contributed by atoms with Gasteiger partial charge in [-0.05, 0) is 35.2 Å². The molecular formula is C9H11BrN2O2. The number of fused-ring (bicyclic) bond motifs is 1.